The Balaban J connectivity index is 1.70. The second-order valence-corrected chi connectivity index (χ2v) is 8.91. The molecule has 2 nitrogen and oxygen atoms in total. The van der Waals surface area contributed by atoms with Gasteiger partial charge in [-0.25, -0.2) is 0 Å². The summed E-state index contributed by atoms with van der Waals surface area (Å²) in [6, 6.07) is 0. The molecule has 4 saturated carbocycles. The summed E-state index contributed by atoms with van der Waals surface area (Å²) >= 11 is 0. The van der Waals surface area contributed by atoms with Crippen LogP contribution in [0.1, 0.15) is 65.2 Å². The Morgan fingerprint density at radius 3 is 2.45 bits per heavy atom. The molecule has 0 unspecified atom stereocenters. The third-order valence-electron chi connectivity index (χ3n) is 8.16. The Kier molecular flexibility index (Phi) is 2.87. The number of fused-ring (bicyclic) bond motifs is 5. The first-order valence-corrected chi connectivity index (χ1v) is 8.82. The average molecular weight is 278 g/mol. The van der Waals surface area contributed by atoms with Crippen molar-refractivity contribution in [2.45, 2.75) is 77.4 Å². The van der Waals surface area contributed by atoms with E-state index in [1.165, 1.54) is 32.1 Å². The summed E-state index contributed by atoms with van der Waals surface area (Å²) in [5.74, 6) is 2.34. The van der Waals surface area contributed by atoms with Crippen LogP contribution >= 0.6 is 0 Å². The first kappa shape index (κ1) is 13.6. The van der Waals surface area contributed by atoms with Crippen LogP contribution in [-0.2, 0) is 0 Å². The smallest absolute Gasteiger partial charge is 0.0608 e. The van der Waals surface area contributed by atoms with Crippen LogP contribution in [0.4, 0.5) is 0 Å². The van der Waals surface area contributed by atoms with E-state index < -0.39 is 0 Å². The normalized spacial score (nSPS) is 61.8. The van der Waals surface area contributed by atoms with E-state index in [0.29, 0.717) is 28.6 Å². The monoisotopic (exact) mass is 278 g/mol. The second kappa shape index (κ2) is 4.23. The molecule has 0 bridgehead atoms. The minimum atomic E-state index is -0.169. The second-order valence-electron chi connectivity index (χ2n) is 8.91. The minimum Gasteiger partial charge on any atom is -0.393 e. The number of hydrogen-bond acceptors (Lipinski definition) is 2. The Bertz CT molecular complexity index is 408. The van der Waals surface area contributed by atoms with Crippen molar-refractivity contribution in [3.8, 4) is 0 Å². The van der Waals surface area contributed by atoms with Crippen LogP contribution in [0.5, 0.6) is 0 Å². The summed E-state index contributed by atoms with van der Waals surface area (Å²) < 4.78 is 0. The van der Waals surface area contributed by atoms with Gasteiger partial charge in [0.1, 0.15) is 0 Å². The van der Waals surface area contributed by atoms with Crippen LogP contribution in [0.2, 0.25) is 0 Å². The maximum absolute atomic E-state index is 11.1. The maximum Gasteiger partial charge on any atom is 0.0608 e. The Labute approximate surface area is 123 Å². The molecule has 8 atom stereocenters. The molecular weight excluding hydrogens is 248 g/mol. The molecule has 4 fully saturated rings. The topological polar surface area (TPSA) is 40.5 Å². The van der Waals surface area contributed by atoms with Crippen molar-refractivity contribution in [1.82, 2.24) is 0 Å². The number of rotatable bonds is 0. The lowest BCUT2D eigenvalue weighted by Crippen LogP contribution is -2.42. The summed E-state index contributed by atoms with van der Waals surface area (Å²) in [5.41, 5.74) is 0.803. The van der Waals surface area contributed by atoms with E-state index in [1.807, 2.05) is 0 Å². The molecule has 0 spiro atoms. The number of hydrogen-bond donors (Lipinski definition) is 2. The van der Waals surface area contributed by atoms with E-state index in [4.69, 9.17) is 0 Å². The van der Waals surface area contributed by atoms with Gasteiger partial charge in [0, 0.05) is 0 Å². The highest BCUT2D eigenvalue weighted by Crippen LogP contribution is 2.68. The van der Waals surface area contributed by atoms with Gasteiger partial charge in [-0.15, -0.1) is 0 Å². The van der Waals surface area contributed by atoms with Gasteiger partial charge in [0.05, 0.1) is 12.2 Å². The zero-order chi connectivity index (χ0) is 14.1. The summed E-state index contributed by atoms with van der Waals surface area (Å²) in [4.78, 5) is 0. The Morgan fingerprint density at radius 2 is 1.65 bits per heavy atom. The quantitative estimate of drug-likeness (QED) is 0.713. The van der Waals surface area contributed by atoms with Gasteiger partial charge in [-0.1, -0.05) is 20.3 Å². The van der Waals surface area contributed by atoms with Crippen molar-refractivity contribution in [1.29, 1.82) is 0 Å². The highest BCUT2D eigenvalue weighted by Gasteiger charge is 2.64. The first-order chi connectivity index (χ1) is 9.46. The lowest BCUT2D eigenvalue weighted by Gasteiger charge is -2.49. The van der Waals surface area contributed by atoms with Crippen molar-refractivity contribution >= 4 is 0 Å². The molecule has 4 aliphatic rings. The van der Waals surface area contributed by atoms with Crippen LogP contribution in [0.15, 0.2) is 0 Å². The number of aliphatic hydroxyl groups is 2. The standard InChI is InChI=1S/C18H30O2/c1-17-7-3-4-12(17)15-13(6-8-17)18(2)9-5-11(19)10-14(18)16(15)20/h11-16,19-20H,3-10H2,1-2H3/t11-,12-,13-,14-,15-,16-,17-,18+/m0/s1. The van der Waals surface area contributed by atoms with E-state index in [2.05, 4.69) is 13.8 Å². The molecule has 0 saturated heterocycles. The molecule has 20 heavy (non-hydrogen) atoms. The zero-order valence-electron chi connectivity index (χ0n) is 13.0. The van der Waals surface area contributed by atoms with Crippen LogP contribution in [-0.4, -0.2) is 22.4 Å². The predicted molar refractivity (Wildman–Crippen MR) is 79.1 cm³/mol. The molecule has 0 amide bonds. The zero-order valence-corrected chi connectivity index (χ0v) is 13.0. The number of aliphatic hydroxyl groups excluding tert-OH is 2. The molecule has 0 aromatic carbocycles. The van der Waals surface area contributed by atoms with Crippen molar-refractivity contribution < 1.29 is 10.2 Å². The van der Waals surface area contributed by atoms with Gasteiger partial charge in [0.25, 0.3) is 0 Å². The third kappa shape index (κ3) is 1.58. The fraction of sp³-hybridized carbons (Fsp3) is 1.00. The van der Waals surface area contributed by atoms with E-state index in [1.54, 1.807) is 0 Å². The molecule has 0 aliphatic heterocycles. The fourth-order valence-corrected chi connectivity index (χ4v) is 7.03. The molecule has 0 radical (unpaired) electrons. The first-order valence-electron chi connectivity index (χ1n) is 8.82. The fourth-order valence-electron chi connectivity index (χ4n) is 7.03. The van der Waals surface area contributed by atoms with Crippen molar-refractivity contribution in [2.75, 3.05) is 0 Å². The van der Waals surface area contributed by atoms with E-state index in [-0.39, 0.29) is 12.2 Å². The van der Waals surface area contributed by atoms with Crippen LogP contribution in [0.25, 0.3) is 0 Å². The average Bonchev–Trinajstić information content (AvgIpc) is 2.89. The maximum atomic E-state index is 11.1. The van der Waals surface area contributed by atoms with Gasteiger partial charge in [0.15, 0.2) is 0 Å². The summed E-state index contributed by atoms with van der Waals surface area (Å²) in [6.45, 7) is 4.90. The highest BCUT2D eigenvalue weighted by molar-refractivity contribution is 5.13. The van der Waals surface area contributed by atoms with Crippen molar-refractivity contribution in [3.63, 3.8) is 0 Å². The summed E-state index contributed by atoms with van der Waals surface area (Å²) in [5, 5.41) is 21.1. The van der Waals surface area contributed by atoms with Gasteiger partial charge in [-0.05, 0) is 79.4 Å². The lowest BCUT2D eigenvalue weighted by atomic mass is 9.56. The van der Waals surface area contributed by atoms with E-state index >= 15 is 0 Å². The van der Waals surface area contributed by atoms with Crippen LogP contribution in [0.3, 0.4) is 0 Å². The van der Waals surface area contributed by atoms with Crippen molar-refractivity contribution in [3.05, 3.63) is 0 Å². The van der Waals surface area contributed by atoms with Gasteiger partial charge in [0.2, 0.25) is 0 Å². The largest absolute Gasteiger partial charge is 0.393 e. The Hall–Kier alpha value is -0.0800. The van der Waals surface area contributed by atoms with Crippen LogP contribution < -0.4 is 0 Å². The molecule has 0 aromatic rings. The van der Waals surface area contributed by atoms with Gasteiger partial charge in [-0.2, -0.15) is 0 Å². The minimum absolute atomic E-state index is 0.150. The van der Waals surface area contributed by atoms with Gasteiger partial charge in [-0.3, -0.25) is 0 Å². The molecule has 0 heterocycles. The van der Waals surface area contributed by atoms with E-state index in [0.717, 1.165) is 25.2 Å². The molecule has 2 N–H and O–H groups in total. The van der Waals surface area contributed by atoms with Crippen molar-refractivity contribution in [2.24, 2.45) is 34.5 Å². The molecular formula is C18H30O2. The third-order valence-corrected chi connectivity index (χ3v) is 8.16. The molecule has 114 valence electrons. The Morgan fingerprint density at radius 1 is 0.850 bits per heavy atom. The highest BCUT2D eigenvalue weighted by atomic mass is 16.3. The summed E-state index contributed by atoms with van der Waals surface area (Å²) in [7, 11) is 0. The van der Waals surface area contributed by atoms with Gasteiger partial charge >= 0.3 is 0 Å². The van der Waals surface area contributed by atoms with Crippen LogP contribution in [0, 0.1) is 34.5 Å². The molecule has 4 aliphatic carbocycles. The lowest BCUT2D eigenvalue weighted by molar-refractivity contribution is -0.0208. The predicted octanol–water partition coefficient (Wildman–Crippen LogP) is 3.36. The van der Waals surface area contributed by atoms with Gasteiger partial charge < -0.3 is 10.2 Å². The molecule has 4 rings (SSSR count). The van der Waals surface area contributed by atoms with E-state index in [9.17, 15) is 10.2 Å². The SMILES string of the molecule is C[C@@]12CCC[C@H]1[C@@H]1[C@@H](O)[C@@H]3C[C@@H](O)CC[C@]3(C)[C@H]1CC2. The molecule has 2 heteroatoms. The molecule has 0 aromatic heterocycles. The summed E-state index contributed by atoms with van der Waals surface area (Å²) in [6.07, 6.45) is 9.35.